The van der Waals surface area contributed by atoms with E-state index in [9.17, 15) is 9.18 Å². The summed E-state index contributed by atoms with van der Waals surface area (Å²) in [4.78, 5) is 20.5. The lowest BCUT2D eigenvalue weighted by atomic mass is 9.91. The van der Waals surface area contributed by atoms with Gasteiger partial charge in [0.1, 0.15) is 17.1 Å². The highest BCUT2D eigenvalue weighted by atomic mass is 32.1. The quantitative estimate of drug-likeness (QED) is 0.538. The van der Waals surface area contributed by atoms with Crippen LogP contribution in [-0.4, -0.2) is 48.8 Å². The molecule has 1 saturated heterocycles. The van der Waals surface area contributed by atoms with Gasteiger partial charge in [0.2, 0.25) is 0 Å². The number of hydrogen-bond acceptors (Lipinski definition) is 6. The zero-order valence-electron chi connectivity index (χ0n) is 19.0. The Kier molecular flexibility index (Phi) is 7.18. The van der Waals surface area contributed by atoms with E-state index < -0.39 is 5.60 Å². The van der Waals surface area contributed by atoms with E-state index in [4.69, 9.17) is 26.5 Å². The lowest BCUT2D eigenvalue weighted by molar-refractivity contribution is -0.120. The SMILES string of the molecule is COc1ccc(CNC(=O)C2=CC3(CCN(C(=S)Nc4ccc(F)cc4)CC3)ON2)cc1OC. The van der Waals surface area contributed by atoms with Crippen molar-refractivity contribution < 1.29 is 23.5 Å². The number of hydrogen-bond donors (Lipinski definition) is 3. The molecule has 2 aliphatic heterocycles. The van der Waals surface area contributed by atoms with Gasteiger partial charge in [0.25, 0.3) is 5.91 Å². The molecule has 0 aromatic heterocycles. The van der Waals surface area contributed by atoms with Gasteiger partial charge in [0.15, 0.2) is 16.6 Å². The summed E-state index contributed by atoms with van der Waals surface area (Å²) in [5.74, 6) is 0.695. The van der Waals surface area contributed by atoms with E-state index in [1.165, 1.54) is 12.1 Å². The molecule has 0 unspecified atom stereocenters. The summed E-state index contributed by atoms with van der Waals surface area (Å²) in [6, 6.07) is 11.6. The molecule has 8 nitrogen and oxygen atoms in total. The molecule has 1 spiro atoms. The van der Waals surface area contributed by atoms with Crippen molar-refractivity contribution in [2.45, 2.75) is 25.0 Å². The van der Waals surface area contributed by atoms with Gasteiger partial charge in [-0.05, 0) is 60.3 Å². The second-order valence-electron chi connectivity index (χ2n) is 8.12. The zero-order valence-corrected chi connectivity index (χ0v) is 19.8. The number of halogens is 1. The van der Waals surface area contributed by atoms with Crippen LogP contribution in [0.25, 0.3) is 0 Å². The number of nitrogens with zero attached hydrogens (tertiary/aromatic N) is 1. The fourth-order valence-electron chi connectivity index (χ4n) is 3.93. The van der Waals surface area contributed by atoms with Crippen LogP contribution in [-0.2, 0) is 16.2 Å². The highest BCUT2D eigenvalue weighted by Crippen LogP contribution is 2.32. The van der Waals surface area contributed by atoms with E-state index in [2.05, 4.69) is 16.1 Å². The number of likely N-dealkylation sites (tertiary alicyclic amines) is 1. The van der Waals surface area contributed by atoms with Crippen LogP contribution in [0.1, 0.15) is 18.4 Å². The van der Waals surface area contributed by atoms with E-state index in [0.29, 0.717) is 54.8 Å². The number of nitrogens with one attached hydrogen (secondary N) is 3. The molecule has 2 aromatic rings. The van der Waals surface area contributed by atoms with Crippen molar-refractivity contribution in [3.63, 3.8) is 0 Å². The lowest BCUT2D eigenvalue weighted by Crippen LogP contribution is -2.48. The van der Waals surface area contributed by atoms with E-state index in [-0.39, 0.29) is 11.7 Å². The Bertz CT molecular complexity index is 1080. The van der Waals surface area contributed by atoms with E-state index in [0.717, 1.165) is 11.3 Å². The van der Waals surface area contributed by atoms with Crippen LogP contribution >= 0.6 is 12.2 Å². The van der Waals surface area contributed by atoms with Gasteiger partial charge in [-0.2, -0.15) is 0 Å². The molecule has 180 valence electrons. The highest BCUT2D eigenvalue weighted by Gasteiger charge is 2.40. The number of amides is 1. The van der Waals surface area contributed by atoms with Crippen LogP contribution in [0, 0.1) is 5.82 Å². The minimum absolute atomic E-state index is 0.248. The van der Waals surface area contributed by atoms with Gasteiger partial charge in [-0.15, -0.1) is 0 Å². The molecule has 4 rings (SSSR count). The number of thiocarbonyl (C=S) groups is 1. The largest absolute Gasteiger partial charge is 0.493 e. The molecular formula is C24H27FN4O4S. The van der Waals surface area contributed by atoms with Gasteiger partial charge in [-0.25, -0.2) is 4.39 Å². The van der Waals surface area contributed by atoms with Crippen molar-refractivity contribution in [3.05, 3.63) is 65.6 Å². The normalized spacial score (nSPS) is 16.4. The molecule has 34 heavy (non-hydrogen) atoms. The standard InChI is InChI=1S/C24H27FN4O4S/c1-31-20-8-3-16(13-21(20)32-2)15-26-22(30)19-14-24(33-28-19)9-11-29(12-10-24)23(34)27-18-6-4-17(25)5-7-18/h3-8,13-14,28H,9-12,15H2,1-2H3,(H,26,30)(H,27,34). The first-order chi connectivity index (χ1) is 16.4. The third-order valence-corrected chi connectivity index (χ3v) is 6.27. The van der Waals surface area contributed by atoms with Crippen LogP contribution in [0.2, 0.25) is 0 Å². The van der Waals surface area contributed by atoms with Crippen molar-refractivity contribution in [2.75, 3.05) is 32.6 Å². The van der Waals surface area contributed by atoms with Crippen LogP contribution in [0.5, 0.6) is 11.5 Å². The third-order valence-electron chi connectivity index (χ3n) is 5.91. The van der Waals surface area contributed by atoms with E-state index in [1.807, 2.05) is 23.1 Å². The van der Waals surface area contributed by atoms with Gasteiger partial charge in [0, 0.05) is 38.2 Å². The number of ether oxygens (including phenoxy) is 2. The first-order valence-corrected chi connectivity index (χ1v) is 11.3. The molecule has 0 atom stereocenters. The molecule has 1 amide bonds. The van der Waals surface area contributed by atoms with E-state index >= 15 is 0 Å². The minimum atomic E-state index is -0.558. The monoisotopic (exact) mass is 486 g/mol. The average molecular weight is 487 g/mol. The smallest absolute Gasteiger partial charge is 0.269 e. The molecule has 0 saturated carbocycles. The Morgan fingerprint density at radius 3 is 2.53 bits per heavy atom. The Morgan fingerprint density at radius 2 is 1.85 bits per heavy atom. The Morgan fingerprint density at radius 1 is 1.15 bits per heavy atom. The molecular weight excluding hydrogens is 459 g/mol. The van der Waals surface area contributed by atoms with Crippen molar-refractivity contribution in [2.24, 2.45) is 0 Å². The maximum Gasteiger partial charge on any atom is 0.269 e. The molecule has 2 aliphatic rings. The highest BCUT2D eigenvalue weighted by molar-refractivity contribution is 7.80. The van der Waals surface area contributed by atoms with E-state index in [1.54, 1.807) is 32.4 Å². The van der Waals surface area contributed by atoms with Gasteiger partial charge >= 0.3 is 0 Å². The van der Waals surface area contributed by atoms with Gasteiger partial charge in [0.05, 0.1) is 14.2 Å². The Hall–Kier alpha value is -3.37. The van der Waals surface area contributed by atoms with Gasteiger partial charge in [-0.1, -0.05) is 6.07 Å². The van der Waals surface area contributed by atoms with Crippen LogP contribution in [0.15, 0.2) is 54.2 Å². The molecule has 1 fully saturated rings. The summed E-state index contributed by atoms with van der Waals surface area (Å²) in [6.07, 6.45) is 3.18. The summed E-state index contributed by atoms with van der Waals surface area (Å²) in [5, 5.41) is 6.60. The molecule has 0 bridgehead atoms. The van der Waals surface area contributed by atoms with Crippen molar-refractivity contribution in [1.29, 1.82) is 0 Å². The number of carbonyl (C=O) groups excluding carboxylic acids is 1. The topological polar surface area (TPSA) is 84.1 Å². The second kappa shape index (κ2) is 10.3. The molecule has 2 heterocycles. The maximum absolute atomic E-state index is 13.1. The van der Waals surface area contributed by atoms with Crippen molar-refractivity contribution in [3.8, 4) is 11.5 Å². The average Bonchev–Trinajstić information content (AvgIpc) is 3.27. The summed E-state index contributed by atoms with van der Waals surface area (Å²) in [7, 11) is 3.15. The van der Waals surface area contributed by atoms with Crippen LogP contribution < -0.4 is 25.6 Å². The van der Waals surface area contributed by atoms with Crippen LogP contribution in [0.3, 0.4) is 0 Å². The number of hydroxylamine groups is 1. The predicted octanol–water partition coefficient (Wildman–Crippen LogP) is 3.11. The minimum Gasteiger partial charge on any atom is -0.493 e. The number of piperidine rings is 1. The number of anilines is 1. The molecule has 3 N–H and O–H groups in total. The third kappa shape index (κ3) is 5.40. The Labute approximate surface area is 203 Å². The number of rotatable bonds is 6. The molecule has 10 heteroatoms. The summed E-state index contributed by atoms with van der Waals surface area (Å²) in [6.45, 7) is 1.65. The fourth-order valence-corrected chi connectivity index (χ4v) is 4.23. The zero-order chi connectivity index (χ0) is 24.1. The number of benzene rings is 2. The van der Waals surface area contributed by atoms with Gasteiger partial charge in [-0.3, -0.25) is 15.1 Å². The number of methoxy groups -OCH3 is 2. The molecule has 0 radical (unpaired) electrons. The molecule has 2 aromatic carbocycles. The van der Waals surface area contributed by atoms with Crippen molar-refractivity contribution >= 4 is 28.9 Å². The maximum atomic E-state index is 13.1. The molecule has 0 aliphatic carbocycles. The summed E-state index contributed by atoms with van der Waals surface area (Å²) in [5.41, 5.74) is 4.24. The van der Waals surface area contributed by atoms with Gasteiger partial charge < -0.3 is 25.0 Å². The first kappa shape index (κ1) is 23.8. The second-order valence-corrected chi connectivity index (χ2v) is 8.51. The summed E-state index contributed by atoms with van der Waals surface area (Å²) < 4.78 is 23.6. The Balaban J connectivity index is 1.29. The first-order valence-electron chi connectivity index (χ1n) is 10.9. The fraction of sp³-hybridized carbons (Fsp3) is 0.333. The van der Waals surface area contributed by atoms with Crippen LogP contribution in [0.4, 0.5) is 10.1 Å². The number of carbonyl (C=O) groups is 1. The predicted molar refractivity (Wildman–Crippen MR) is 130 cm³/mol. The summed E-state index contributed by atoms with van der Waals surface area (Å²) >= 11 is 5.50. The lowest BCUT2D eigenvalue weighted by Gasteiger charge is -2.37. The van der Waals surface area contributed by atoms with Crippen molar-refractivity contribution in [1.82, 2.24) is 15.7 Å².